The van der Waals surface area contributed by atoms with E-state index in [2.05, 4.69) is 39.0 Å². The predicted molar refractivity (Wildman–Crippen MR) is 99.2 cm³/mol. The second kappa shape index (κ2) is 5.94. The highest BCUT2D eigenvalue weighted by molar-refractivity contribution is 5.30. The molecule has 0 amide bonds. The van der Waals surface area contributed by atoms with Crippen LogP contribution in [0.4, 0.5) is 0 Å². The van der Waals surface area contributed by atoms with E-state index in [9.17, 15) is 0 Å². The number of rotatable bonds is 1. The molecule has 0 aromatic carbocycles. The fourth-order valence-corrected chi connectivity index (χ4v) is 6.38. The summed E-state index contributed by atoms with van der Waals surface area (Å²) >= 11 is 0. The van der Waals surface area contributed by atoms with Crippen LogP contribution in [0.1, 0.15) is 78.6 Å². The second-order valence-corrected chi connectivity index (χ2v) is 9.24. The fourth-order valence-electron chi connectivity index (χ4n) is 6.38. The van der Waals surface area contributed by atoms with E-state index >= 15 is 0 Å². The minimum atomic E-state index is 0.601. The minimum absolute atomic E-state index is 0.601. The van der Waals surface area contributed by atoms with E-state index in [0.29, 0.717) is 5.41 Å². The van der Waals surface area contributed by atoms with Gasteiger partial charge in [0.05, 0.1) is 0 Å². The second-order valence-electron chi connectivity index (χ2n) is 9.24. The van der Waals surface area contributed by atoms with E-state index in [1.807, 2.05) is 0 Å². The van der Waals surface area contributed by atoms with E-state index in [-0.39, 0.29) is 0 Å². The smallest absolute Gasteiger partial charge is 0.0143 e. The molecule has 0 nitrogen and oxygen atoms in total. The summed E-state index contributed by atoms with van der Waals surface area (Å²) < 4.78 is 0. The number of hydrogen-bond donors (Lipinski definition) is 0. The van der Waals surface area contributed by atoms with Crippen molar-refractivity contribution in [2.24, 2.45) is 29.1 Å². The lowest BCUT2D eigenvalue weighted by atomic mass is 9.64. The molecule has 23 heavy (non-hydrogen) atoms. The standard InChI is InChI=1S/C23H34/c1-16-14-18(15-20-6-4-8-21(16)20)10-11-19-7-5-13-23(3)17(2)9-12-22(19)23/h8,10-11,16-17,20,22H,4-7,9,12-15H2,1-3H3/b18-10+,19-11+/t16-,17?,20+,22?,23-/m1/s1. The number of hydrogen-bond acceptors (Lipinski definition) is 0. The molecule has 3 saturated carbocycles. The molecule has 4 aliphatic rings. The van der Waals surface area contributed by atoms with Gasteiger partial charge in [-0.05, 0) is 86.9 Å². The Bertz CT molecular complexity index is 561. The van der Waals surface area contributed by atoms with Crippen LogP contribution in [-0.4, -0.2) is 0 Å². The molecule has 0 N–H and O–H groups in total. The van der Waals surface area contributed by atoms with Crippen LogP contribution in [-0.2, 0) is 0 Å². The van der Waals surface area contributed by atoms with E-state index in [4.69, 9.17) is 0 Å². The summed E-state index contributed by atoms with van der Waals surface area (Å²) in [6, 6.07) is 0. The third-order valence-corrected chi connectivity index (χ3v) is 7.98. The number of fused-ring (bicyclic) bond motifs is 2. The minimum Gasteiger partial charge on any atom is -0.0847 e. The van der Waals surface area contributed by atoms with Crippen LogP contribution in [0.25, 0.3) is 0 Å². The predicted octanol–water partition coefficient (Wildman–Crippen LogP) is 6.84. The maximum absolute atomic E-state index is 2.58. The molecule has 0 heterocycles. The lowest BCUT2D eigenvalue weighted by Crippen LogP contribution is -2.31. The lowest BCUT2D eigenvalue weighted by molar-refractivity contribution is 0.147. The van der Waals surface area contributed by atoms with Gasteiger partial charge in [-0.2, -0.15) is 0 Å². The van der Waals surface area contributed by atoms with Crippen LogP contribution in [0, 0.1) is 29.1 Å². The molecular formula is C23H34. The zero-order chi connectivity index (χ0) is 16.0. The molecule has 4 aliphatic carbocycles. The lowest BCUT2D eigenvalue weighted by Gasteiger charge is -2.41. The van der Waals surface area contributed by atoms with Gasteiger partial charge in [0.1, 0.15) is 0 Å². The first kappa shape index (κ1) is 15.7. The van der Waals surface area contributed by atoms with Crippen LogP contribution >= 0.6 is 0 Å². The summed E-state index contributed by atoms with van der Waals surface area (Å²) in [5.74, 6) is 3.48. The van der Waals surface area contributed by atoms with Gasteiger partial charge >= 0.3 is 0 Å². The van der Waals surface area contributed by atoms with Gasteiger partial charge in [0.2, 0.25) is 0 Å². The zero-order valence-corrected chi connectivity index (χ0v) is 15.4. The third-order valence-electron chi connectivity index (χ3n) is 7.98. The van der Waals surface area contributed by atoms with E-state index in [0.717, 1.165) is 23.7 Å². The molecule has 4 rings (SSSR count). The van der Waals surface area contributed by atoms with Gasteiger partial charge in [-0.3, -0.25) is 0 Å². The maximum Gasteiger partial charge on any atom is -0.0143 e. The van der Waals surface area contributed by atoms with E-state index in [1.54, 1.807) is 16.7 Å². The van der Waals surface area contributed by atoms with Crippen molar-refractivity contribution in [3.8, 4) is 0 Å². The molecule has 0 aromatic rings. The molecular weight excluding hydrogens is 276 g/mol. The van der Waals surface area contributed by atoms with Crippen molar-refractivity contribution in [2.45, 2.75) is 78.6 Å². The average molecular weight is 311 g/mol. The van der Waals surface area contributed by atoms with Crippen molar-refractivity contribution in [2.75, 3.05) is 0 Å². The first-order chi connectivity index (χ1) is 11.1. The zero-order valence-electron chi connectivity index (χ0n) is 15.4. The highest BCUT2D eigenvalue weighted by atomic mass is 14.5. The summed E-state index contributed by atoms with van der Waals surface area (Å²) in [4.78, 5) is 0. The Labute approximate surface area is 143 Å². The van der Waals surface area contributed by atoms with Gasteiger partial charge in [-0.1, -0.05) is 55.7 Å². The van der Waals surface area contributed by atoms with Gasteiger partial charge in [0.25, 0.3) is 0 Å². The molecule has 0 aromatic heterocycles. The fraction of sp³-hybridized carbons (Fsp3) is 0.739. The molecule has 5 atom stereocenters. The topological polar surface area (TPSA) is 0 Å². The third kappa shape index (κ3) is 2.67. The van der Waals surface area contributed by atoms with Crippen molar-refractivity contribution in [1.82, 2.24) is 0 Å². The first-order valence-electron chi connectivity index (χ1n) is 10.2. The molecule has 0 spiro atoms. The van der Waals surface area contributed by atoms with Gasteiger partial charge in [0.15, 0.2) is 0 Å². The molecule has 0 radical (unpaired) electrons. The van der Waals surface area contributed by atoms with Crippen LogP contribution in [0.2, 0.25) is 0 Å². The molecule has 0 heteroatoms. The Hall–Kier alpha value is -0.780. The summed E-state index contributed by atoms with van der Waals surface area (Å²) in [6.07, 6.45) is 20.2. The van der Waals surface area contributed by atoms with Crippen molar-refractivity contribution in [1.29, 1.82) is 0 Å². The van der Waals surface area contributed by atoms with Crippen molar-refractivity contribution < 1.29 is 0 Å². The molecule has 126 valence electrons. The van der Waals surface area contributed by atoms with Gasteiger partial charge in [0, 0.05) is 0 Å². The average Bonchev–Trinajstić information content (AvgIpc) is 3.11. The molecule has 0 aliphatic heterocycles. The Balaban J connectivity index is 1.53. The van der Waals surface area contributed by atoms with Crippen molar-refractivity contribution in [3.63, 3.8) is 0 Å². The summed E-state index contributed by atoms with van der Waals surface area (Å²) in [5.41, 5.74) is 5.90. The monoisotopic (exact) mass is 310 g/mol. The quantitative estimate of drug-likeness (QED) is 0.465. The van der Waals surface area contributed by atoms with Crippen LogP contribution in [0.5, 0.6) is 0 Å². The van der Waals surface area contributed by atoms with E-state index < -0.39 is 0 Å². The molecule has 3 fully saturated rings. The highest BCUT2D eigenvalue weighted by Gasteiger charge is 2.46. The Morgan fingerprint density at radius 1 is 1.09 bits per heavy atom. The van der Waals surface area contributed by atoms with Gasteiger partial charge < -0.3 is 0 Å². The highest BCUT2D eigenvalue weighted by Crippen LogP contribution is 2.57. The molecule has 0 bridgehead atoms. The summed E-state index contributed by atoms with van der Waals surface area (Å²) in [7, 11) is 0. The van der Waals surface area contributed by atoms with Crippen LogP contribution < -0.4 is 0 Å². The van der Waals surface area contributed by atoms with Gasteiger partial charge in [-0.15, -0.1) is 0 Å². The van der Waals surface area contributed by atoms with Gasteiger partial charge in [-0.25, -0.2) is 0 Å². The molecule has 2 unspecified atom stereocenters. The van der Waals surface area contributed by atoms with Crippen LogP contribution in [0.3, 0.4) is 0 Å². The molecule has 0 saturated heterocycles. The summed E-state index contributed by atoms with van der Waals surface area (Å²) in [5, 5.41) is 0. The van der Waals surface area contributed by atoms with E-state index in [1.165, 1.54) is 57.8 Å². The first-order valence-corrected chi connectivity index (χ1v) is 10.2. The maximum atomic E-state index is 2.58. The normalized spacial score (nSPS) is 46.8. The Morgan fingerprint density at radius 2 is 1.96 bits per heavy atom. The largest absolute Gasteiger partial charge is 0.0847 e. The Morgan fingerprint density at radius 3 is 2.83 bits per heavy atom. The summed E-state index contributed by atoms with van der Waals surface area (Å²) in [6.45, 7) is 7.52. The number of allylic oxidation sites excluding steroid dienone is 6. The van der Waals surface area contributed by atoms with Crippen molar-refractivity contribution in [3.05, 3.63) is 34.9 Å². The van der Waals surface area contributed by atoms with Crippen LogP contribution in [0.15, 0.2) is 34.9 Å². The SMILES string of the molecule is CC1CCC2/C(=C/C=C3/C[C@@H]4CCC=C4[C@H](C)C3)CCC[C@]12C. The van der Waals surface area contributed by atoms with Crippen molar-refractivity contribution >= 4 is 0 Å². The Kier molecular flexibility index (Phi) is 4.06.